The first-order chi connectivity index (χ1) is 11.5. The van der Waals surface area contributed by atoms with Gasteiger partial charge in [0.15, 0.2) is 5.82 Å². The van der Waals surface area contributed by atoms with E-state index in [-0.39, 0.29) is 5.91 Å². The normalized spacial score (nSPS) is 10.2. The average molecular weight is 394 g/mol. The van der Waals surface area contributed by atoms with Crippen molar-refractivity contribution >= 4 is 33.3 Å². The summed E-state index contributed by atoms with van der Waals surface area (Å²) in [6, 6.07) is 7.17. The van der Waals surface area contributed by atoms with Gasteiger partial charge in [0.1, 0.15) is 5.75 Å². The predicted molar refractivity (Wildman–Crippen MR) is 97.9 cm³/mol. The van der Waals surface area contributed by atoms with Gasteiger partial charge < -0.3 is 20.3 Å². The van der Waals surface area contributed by atoms with Crippen molar-refractivity contribution in [3.63, 3.8) is 0 Å². The average Bonchev–Trinajstić information content (AvgIpc) is 2.59. The van der Waals surface area contributed by atoms with E-state index >= 15 is 0 Å². The number of aromatic nitrogens is 2. The van der Waals surface area contributed by atoms with Gasteiger partial charge in [-0.1, -0.05) is 0 Å². The van der Waals surface area contributed by atoms with Crippen LogP contribution in [0.5, 0.6) is 5.75 Å². The Bertz CT molecular complexity index is 709. The molecule has 1 amide bonds. The molecule has 0 spiro atoms. The van der Waals surface area contributed by atoms with E-state index in [1.807, 2.05) is 25.1 Å². The summed E-state index contributed by atoms with van der Waals surface area (Å²) in [5.74, 6) is 1.13. The smallest absolute Gasteiger partial charge is 0.252 e. The quantitative estimate of drug-likeness (QED) is 0.701. The molecule has 0 atom stereocenters. The van der Waals surface area contributed by atoms with Crippen LogP contribution in [0.4, 0.5) is 11.5 Å². The summed E-state index contributed by atoms with van der Waals surface area (Å²) in [7, 11) is 5.44. The van der Waals surface area contributed by atoms with Crippen LogP contribution in [-0.2, 0) is 0 Å². The number of amides is 1. The lowest BCUT2D eigenvalue weighted by Gasteiger charge is -2.13. The first kappa shape index (κ1) is 18.0. The fourth-order valence-electron chi connectivity index (χ4n) is 1.95. The maximum absolute atomic E-state index is 12.2. The Labute approximate surface area is 149 Å². The van der Waals surface area contributed by atoms with Gasteiger partial charge in [-0.3, -0.25) is 4.79 Å². The first-order valence-electron chi connectivity index (χ1n) is 7.37. The van der Waals surface area contributed by atoms with Crippen molar-refractivity contribution < 1.29 is 9.53 Å². The van der Waals surface area contributed by atoms with Crippen molar-refractivity contribution in [1.29, 1.82) is 0 Å². The molecule has 2 aromatic rings. The molecule has 0 fully saturated rings. The molecule has 1 aromatic heterocycles. The van der Waals surface area contributed by atoms with Gasteiger partial charge in [0, 0.05) is 37.7 Å². The minimum absolute atomic E-state index is 0.171. The minimum atomic E-state index is -0.171. The number of ether oxygens (including phenoxy) is 1. The van der Waals surface area contributed by atoms with Gasteiger partial charge in [-0.2, -0.15) is 5.10 Å². The fraction of sp³-hybridized carbons (Fsp3) is 0.312. The van der Waals surface area contributed by atoms with Crippen LogP contribution >= 0.6 is 15.9 Å². The molecular formula is C16H20BrN5O2. The van der Waals surface area contributed by atoms with Crippen molar-refractivity contribution in [1.82, 2.24) is 15.5 Å². The van der Waals surface area contributed by atoms with Gasteiger partial charge in [-0.05, 0) is 34.1 Å². The largest absolute Gasteiger partial charge is 0.497 e. The Morgan fingerprint density at radius 2 is 2.08 bits per heavy atom. The zero-order valence-electron chi connectivity index (χ0n) is 13.8. The molecule has 0 unspecified atom stereocenters. The van der Waals surface area contributed by atoms with E-state index in [0.29, 0.717) is 30.2 Å². The highest BCUT2D eigenvalue weighted by molar-refractivity contribution is 9.10. The molecule has 0 bridgehead atoms. The van der Waals surface area contributed by atoms with Crippen molar-refractivity contribution in [2.75, 3.05) is 44.5 Å². The Morgan fingerprint density at radius 1 is 1.29 bits per heavy atom. The van der Waals surface area contributed by atoms with E-state index < -0.39 is 0 Å². The van der Waals surface area contributed by atoms with Crippen molar-refractivity contribution in [2.24, 2.45) is 0 Å². The lowest BCUT2D eigenvalue weighted by Crippen LogP contribution is -2.29. The number of hydrogen-bond acceptors (Lipinski definition) is 6. The number of carbonyl (C=O) groups is 1. The van der Waals surface area contributed by atoms with Crippen LogP contribution in [0.2, 0.25) is 0 Å². The molecule has 8 heteroatoms. The summed E-state index contributed by atoms with van der Waals surface area (Å²) in [4.78, 5) is 14.2. The zero-order valence-corrected chi connectivity index (χ0v) is 15.4. The van der Waals surface area contributed by atoms with Crippen LogP contribution in [0.25, 0.3) is 0 Å². The number of benzene rings is 1. The number of carbonyl (C=O) groups excluding carboxylic acids is 1. The highest BCUT2D eigenvalue weighted by atomic mass is 79.9. The third kappa shape index (κ3) is 4.82. The van der Waals surface area contributed by atoms with Crippen LogP contribution in [0.15, 0.2) is 34.9 Å². The molecule has 7 nitrogen and oxygen atoms in total. The topological polar surface area (TPSA) is 79.4 Å². The highest BCUT2D eigenvalue weighted by Gasteiger charge is 2.10. The number of methoxy groups -OCH3 is 1. The third-order valence-corrected chi connectivity index (χ3v) is 3.98. The monoisotopic (exact) mass is 393 g/mol. The van der Waals surface area contributed by atoms with Crippen molar-refractivity contribution in [3.8, 4) is 5.75 Å². The summed E-state index contributed by atoms with van der Waals surface area (Å²) in [6.07, 6.45) is 1.69. The van der Waals surface area contributed by atoms with Crippen LogP contribution in [0.3, 0.4) is 0 Å². The molecule has 2 rings (SSSR count). The molecular weight excluding hydrogens is 374 g/mol. The molecule has 0 saturated heterocycles. The van der Waals surface area contributed by atoms with E-state index in [2.05, 4.69) is 36.8 Å². The zero-order chi connectivity index (χ0) is 17.5. The molecule has 0 aliphatic rings. The van der Waals surface area contributed by atoms with Gasteiger partial charge >= 0.3 is 0 Å². The molecule has 1 aromatic carbocycles. The molecule has 0 aliphatic carbocycles. The molecule has 0 saturated carbocycles. The number of nitrogens with one attached hydrogen (secondary N) is 2. The van der Waals surface area contributed by atoms with Gasteiger partial charge in [0.25, 0.3) is 5.91 Å². The molecule has 0 aliphatic heterocycles. The number of rotatable bonds is 7. The van der Waals surface area contributed by atoms with Gasteiger partial charge in [0.2, 0.25) is 0 Å². The minimum Gasteiger partial charge on any atom is -0.497 e. The third-order valence-electron chi connectivity index (χ3n) is 3.29. The first-order valence-corrected chi connectivity index (χ1v) is 8.16. The van der Waals surface area contributed by atoms with Crippen molar-refractivity contribution in [2.45, 2.75) is 0 Å². The van der Waals surface area contributed by atoms with E-state index in [4.69, 9.17) is 4.74 Å². The van der Waals surface area contributed by atoms with Crippen LogP contribution in [0.1, 0.15) is 10.4 Å². The van der Waals surface area contributed by atoms with E-state index in [0.717, 1.165) is 10.2 Å². The summed E-state index contributed by atoms with van der Waals surface area (Å²) < 4.78 is 5.86. The maximum Gasteiger partial charge on any atom is 0.252 e. The lowest BCUT2D eigenvalue weighted by molar-refractivity contribution is 0.0954. The number of anilines is 2. The summed E-state index contributed by atoms with van der Waals surface area (Å²) in [5, 5.41) is 13.9. The maximum atomic E-state index is 12.2. The van der Waals surface area contributed by atoms with Crippen LogP contribution in [0, 0.1) is 0 Å². The highest BCUT2D eigenvalue weighted by Crippen LogP contribution is 2.22. The predicted octanol–water partition coefficient (Wildman–Crippen LogP) is 2.16. The second-order valence-electron chi connectivity index (χ2n) is 5.22. The number of nitrogens with zero attached hydrogens (tertiary/aromatic N) is 3. The second kappa shape index (κ2) is 8.49. The number of hydrogen-bond donors (Lipinski definition) is 2. The van der Waals surface area contributed by atoms with E-state index in [9.17, 15) is 4.79 Å². The Kier molecular flexibility index (Phi) is 6.36. The Hall–Kier alpha value is -2.35. The molecule has 2 N–H and O–H groups in total. The van der Waals surface area contributed by atoms with Gasteiger partial charge in [0.05, 0.1) is 24.6 Å². The van der Waals surface area contributed by atoms with Gasteiger partial charge in [-0.15, -0.1) is 5.10 Å². The SMILES string of the molecule is COc1ccc(Br)c(C(=O)NCCNc2cc(N(C)C)cnn2)c1. The van der Waals surface area contributed by atoms with E-state index in [1.54, 1.807) is 31.5 Å². The van der Waals surface area contributed by atoms with Crippen molar-refractivity contribution in [3.05, 3.63) is 40.5 Å². The molecule has 1 heterocycles. The van der Waals surface area contributed by atoms with Gasteiger partial charge in [-0.25, -0.2) is 0 Å². The standard InChI is InChI=1S/C16H20BrN5O2/c1-22(2)11-8-15(21-20-10-11)18-6-7-19-16(23)13-9-12(24-3)4-5-14(13)17/h4-5,8-10H,6-7H2,1-3H3,(H,18,21)(H,19,23). The molecule has 24 heavy (non-hydrogen) atoms. The molecule has 0 radical (unpaired) electrons. The molecule has 128 valence electrons. The summed E-state index contributed by atoms with van der Waals surface area (Å²) in [6.45, 7) is 0.995. The summed E-state index contributed by atoms with van der Waals surface area (Å²) >= 11 is 3.37. The Morgan fingerprint density at radius 3 is 2.79 bits per heavy atom. The van der Waals surface area contributed by atoms with Crippen LogP contribution < -0.4 is 20.3 Å². The van der Waals surface area contributed by atoms with Crippen LogP contribution in [-0.4, -0.2) is 50.4 Å². The number of halogens is 1. The fourth-order valence-corrected chi connectivity index (χ4v) is 2.38. The lowest BCUT2D eigenvalue weighted by atomic mass is 10.2. The Balaban J connectivity index is 1.86. The second-order valence-corrected chi connectivity index (χ2v) is 6.08. The summed E-state index contributed by atoms with van der Waals surface area (Å²) in [5.41, 5.74) is 1.49. The van der Waals surface area contributed by atoms with E-state index in [1.165, 1.54) is 0 Å².